The quantitative estimate of drug-likeness (QED) is 0.567. The Hall–Kier alpha value is -3.24. The zero-order chi connectivity index (χ0) is 23.2. The molecule has 4 rings (SSSR count). The predicted molar refractivity (Wildman–Crippen MR) is 127 cm³/mol. The van der Waals surface area contributed by atoms with Gasteiger partial charge in [0.25, 0.3) is 5.91 Å². The molecule has 1 N–H and O–H groups in total. The first kappa shape index (κ1) is 22.0. The van der Waals surface area contributed by atoms with Crippen molar-refractivity contribution in [1.82, 2.24) is 0 Å². The van der Waals surface area contributed by atoms with Gasteiger partial charge in [0.05, 0.1) is 18.7 Å². The van der Waals surface area contributed by atoms with Gasteiger partial charge in [0.2, 0.25) is 0 Å². The molecule has 1 heterocycles. The third-order valence-electron chi connectivity index (χ3n) is 6.62. The van der Waals surface area contributed by atoms with E-state index in [0.29, 0.717) is 23.4 Å². The lowest BCUT2D eigenvalue weighted by atomic mass is 9.86. The van der Waals surface area contributed by atoms with Crippen LogP contribution in [0.2, 0.25) is 0 Å². The second-order valence-corrected chi connectivity index (χ2v) is 9.05. The fourth-order valence-corrected chi connectivity index (χ4v) is 4.62. The maximum atomic E-state index is 13.6. The van der Waals surface area contributed by atoms with E-state index in [-0.39, 0.29) is 12.2 Å². The van der Waals surface area contributed by atoms with E-state index in [1.807, 2.05) is 71.0 Å². The first-order valence-electron chi connectivity index (χ1n) is 10.9. The third kappa shape index (κ3) is 3.65. The van der Waals surface area contributed by atoms with E-state index in [1.165, 1.54) is 0 Å². The first-order valence-corrected chi connectivity index (χ1v) is 10.9. The average molecular weight is 428 g/mol. The maximum Gasteiger partial charge on any atom is 0.264 e. The minimum Gasteiger partial charge on any atom is -0.375 e. The largest absolute Gasteiger partial charge is 0.375 e. The number of aliphatic hydroxyl groups is 1. The molecule has 4 heteroatoms. The van der Waals surface area contributed by atoms with E-state index in [9.17, 15) is 14.7 Å². The van der Waals surface area contributed by atoms with Gasteiger partial charge in [0, 0.05) is 11.1 Å². The third-order valence-corrected chi connectivity index (χ3v) is 6.62. The lowest BCUT2D eigenvalue weighted by Crippen LogP contribution is -2.41. The molecule has 1 atom stereocenters. The summed E-state index contributed by atoms with van der Waals surface area (Å²) in [7, 11) is 0. The molecule has 1 unspecified atom stereocenters. The Labute approximate surface area is 189 Å². The van der Waals surface area contributed by atoms with E-state index < -0.39 is 11.5 Å². The van der Waals surface area contributed by atoms with Crippen molar-refractivity contribution in [2.24, 2.45) is 0 Å². The van der Waals surface area contributed by atoms with Gasteiger partial charge < -0.3 is 10.0 Å². The van der Waals surface area contributed by atoms with Crippen molar-refractivity contribution in [2.45, 2.75) is 53.2 Å². The first-order chi connectivity index (χ1) is 15.1. The van der Waals surface area contributed by atoms with Crippen molar-refractivity contribution in [1.29, 1.82) is 0 Å². The number of rotatable bonds is 5. The van der Waals surface area contributed by atoms with Crippen LogP contribution in [-0.4, -0.2) is 16.8 Å². The fraction of sp³-hybridized carbons (Fsp3) is 0.286. The van der Waals surface area contributed by atoms with Crippen LogP contribution in [0.1, 0.15) is 55.7 Å². The molecule has 0 fully saturated rings. The van der Waals surface area contributed by atoms with Crippen molar-refractivity contribution in [3.8, 4) is 0 Å². The number of hydrogen-bond acceptors (Lipinski definition) is 3. The summed E-state index contributed by atoms with van der Waals surface area (Å²) in [6.45, 7) is 10.3. The van der Waals surface area contributed by atoms with E-state index in [2.05, 4.69) is 6.07 Å². The highest BCUT2D eigenvalue weighted by atomic mass is 16.3. The highest BCUT2D eigenvalue weighted by Gasteiger charge is 2.50. The van der Waals surface area contributed by atoms with Crippen LogP contribution in [0.15, 0.2) is 54.6 Å². The molecule has 0 aliphatic carbocycles. The Morgan fingerprint density at radius 3 is 2.28 bits per heavy atom. The lowest BCUT2D eigenvalue weighted by Gasteiger charge is -2.24. The van der Waals surface area contributed by atoms with Crippen LogP contribution >= 0.6 is 0 Å². The van der Waals surface area contributed by atoms with Crippen molar-refractivity contribution in [3.63, 3.8) is 0 Å². The molecule has 0 saturated carbocycles. The second-order valence-electron chi connectivity index (χ2n) is 9.05. The second kappa shape index (κ2) is 8.03. The minimum atomic E-state index is -1.88. The zero-order valence-corrected chi connectivity index (χ0v) is 19.3. The van der Waals surface area contributed by atoms with Crippen molar-refractivity contribution in [2.75, 3.05) is 4.90 Å². The number of hydrogen-bond donors (Lipinski definition) is 1. The van der Waals surface area contributed by atoms with E-state index in [4.69, 9.17) is 0 Å². The van der Waals surface area contributed by atoms with Crippen LogP contribution in [0.25, 0.3) is 0 Å². The van der Waals surface area contributed by atoms with Crippen molar-refractivity contribution < 1.29 is 14.7 Å². The number of benzene rings is 3. The summed E-state index contributed by atoms with van der Waals surface area (Å²) in [6, 6.07) is 17.2. The van der Waals surface area contributed by atoms with Gasteiger partial charge in [-0.2, -0.15) is 0 Å². The summed E-state index contributed by atoms with van der Waals surface area (Å²) in [4.78, 5) is 28.4. The van der Waals surface area contributed by atoms with Gasteiger partial charge in [-0.15, -0.1) is 0 Å². The van der Waals surface area contributed by atoms with Crippen LogP contribution < -0.4 is 4.90 Å². The molecule has 1 amide bonds. The Morgan fingerprint density at radius 1 is 0.875 bits per heavy atom. The van der Waals surface area contributed by atoms with E-state index in [1.54, 1.807) is 17.0 Å². The number of anilines is 1. The number of carbonyl (C=O) groups is 2. The van der Waals surface area contributed by atoms with Gasteiger partial charge in [-0.3, -0.25) is 9.59 Å². The molecule has 4 nitrogen and oxygen atoms in total. The summed E-state index contributed by atoms with van der Waals surface area (Å²) >= 11 is 0. The summed E-state index contributed by atoms with van der Waals surface area (Å²) in [5.74, 6) is -0.682. The fourth-order valence-electron chi connectivity index (χ4n) is 4.62. The number of nitrogens with zero attached hydrogens (tertiary/aromatic N) is 1. The van der Waals surface area contributed by atoms with Gasteiger partial charge >= 0.3 is 0 Å². The summed E-state index contributed by atoms with van der Waals surface area (Å²) in [5, 5.41) is 11.6. The molecule has 164 valence electrons. The molecule has 3 aromatic carbocycles. The molecular weight excluding hydrogens is 398 g/mol. The number of ketones is 1. The molecule has 1 aliphatic rings. The van der Waals surface area contributed by atoms with Crippen LogP contribution in [0.4, 0.5) is 5.69 Å². The van der Waals surface area contributed by atoms with E-state index in [0.717, 1.165) is 33.4 Å². The topological polar surface area (TPSA) is 57.6 Å². The van der Waals surface area contributed by atoms with Gasteiger partial charge in [-0.05, 0) is 74.6 Å². The number of amides is 1. The van der Waals surface area contributed by atoms with Crippen molar-refractivity contribution >= 4 is 17.4 Å². The summed E-state index contributed by atoms with van der Waals surface area (Å²) in [6.07, 6.45) is -0.282. The Balaban J connectivity index is 1.70. The monoisotopic (exact) mass is 427 g/mol. The molecule has 0 aromatic heterocycles. The smallest absolute Gasteiger partial charge is 0.264 e. The SMILES string of the molecule is Cc1ccc(CN2C(=O)C(O)(CC(=O)c3cc(C)c(C)cc3C)c3ccccc32)c(C)c1. The van der Waals surface area contributed by atoms with Crippen LogP contribution in [-0.2, 0) is 16.9 Å². The number of Topliss-reactive ketones (excluding diaryl/α,β-unsaturated/α-hetero) is 1. The molecule has 1 aliphatic heterocycles. The highest BCUT2D eigenvalue weighted by molar-refractivity contribution is 6.11. The van der Waals surface area contributed by atoms with Gasteiger partial charge in [-0.1, -0.05) is 48.0 Å². The van der Waals surface area contributed by atoms with Gasteiger partial charge in [0.15, 0.2) is 11.4 Å². The lowest BCUT2D eigenvalue weighted by molar-refractivity contribution is -0.136. The van der Waals surface area contributed by atoms with Crippen LogP contribution in [0, 0.1) is 34.6 Å². The van der Waals surface area contributed by atoms with Crippen LogP contribution in [0.5, 0.6) is 0 Å². The number of fused-ring (bicyclic) bond motifs is 1. The molecule has 32 heavy (non-hydrogen) atoms. The van der Waals surface area contributed by atoms with Crippen molar-refractivity contribution in [3.05, 3.63) is 99.1 Å². The van der Waals surface area contributed by atoms with E-state index >= 15 is 0 Å². The van der Waals surface area contributed by atoms with Gasteiger partial charge in [0.1, 0.15) is 0 Å². The molecule has 0 spiro atoms. The highest BCUT2D eigenvalue weighted by Crippen LogP contribution is 2.43. The molecule has 0 bridgehead atoms. The standard InChI is InChI=1S/C28H29NO3/c1-17-10-11-22(20(4)12-17)16-29-25-9-7-6-8-24(25)28(32,27(29)31)15-26(30)23-14-19(3)18(2)13-21(23)5/h6-14,32H,15-16H2,1-5H3. The molecule has 0 radical (unpaired) electrons. The van der Waals surface area contributed by atoms with Crippen LogP contribution in [0.3, 0.4) is 0 Å². The molecular formula is C28H29NO3. The van der Waals surface area contributed by atoms with Gasteiger partial charge in [-0.25, -0.2) is 0 Å². The predicted octanol–water partition coefficient (Wildman–Crippen LogP) is 5.24. The molecule has 0 saturated heterocycles. The maximum absolute atomic E-state index is 13.6. The Bertz CT molecular complexity index is 1240. The number of aryl methyl sites for hydroxylation is 5. The Morgan fingerprint density at radius 2 is 1.56 bits per heavy atom. The number of para-hydroxylation sites is 1. The minimum absolute atomic E-state index is 0.232. The average Bonchev–Trinajstić information content (AvgIpc) is 2.94. The summed E-state index contributed by atoms with van der Waals surface area (Å²) in [5.41, 5.74) is 6.07. The number of carbonyl (C=O) groups excluding carboxylic acids is 2. The normalized spacial score (nSPS) is 17.6. The molecule has 3 aromatic rings. The Kier molecular flexibility index (Phi) is 5.51. The summed E-state index contributed by atoms with van der Waals surface area (Å²) < 4.78 is 0. The zero-order valence-electron chi connectivity index (χ0n) is 19.3.